The first-order chi connectivity index (χ1) is 13.8. The number of hydrogen-bond donors (Lipinski definition) is 1. The van der Waals surface area contributed by atoms with E-state index in [1.807, 2.05) is 24.3 Å². The van der Waals surface area contributed by atoms with Crippen molar-refractivity contribution in [2.24, 2.45) is 0 Å². The fourth-order valence-corrected chi connectivity index (χ4v) is 5.09. The van der Waals surface area contributed by atoms with Gasteiger partial charge < -0.3 is 5.11 Å². The van der Waals surface area contributed by atoms with Crippen molar-refractivity contribution in [3.8, 4) is 0 Å². The van der Waals surface area contributed by atoms with Gasteiger partial charge in [-0.2, -0.15) is 0 Å². The molecule has 0 amide bonds. The van der Waals surface area contributed by atoms with E-state index in [-0.39, 0.29) is 11.3 Å². The van der Waals surface area contributed by atoms with E-state index in [0.717, 1.165) is 49.1 Å². The van der Waals surface area contributed by atoms with Crippen LogP contribution in [0.25, 0.3) is 0 Å². The van der Waals surface area contributed by atoms with Gasteiger partial charge in [-0.05, 0) is 61.1 Å². The van der Waals surface area contributed by atoms with Crippen molar-refractivity contribution in [3.05, 3.63) is 64.7 Å². The predicted molar refractivity (Wildman–Crippen MR) is 117 cm³/mol. The summed E-state index contributed by atoms with van der Waals surface area (Å²) in [5, 5.41) is 8.82. The summed E-state index contributed by atoms with van der Waals surface area (Å²) in [5.74, 6) is -1.27. The van der Waals surface area contributed by atoms with Gasteiger partial charge >= 0.3 is 5.97 Å². The van der Waals surface area contributed by atoms with Crippen molar-refractivity contribution in [2.45, 2.75) is 68.4 Å². The van der Waals surface area contributed by atoms with E-state index in [2.05, 4.69) is 6.92 Å². The summed E-state index contributed by atoms with van der Waals surface area (Å²) in [6.07, 6.45) is 6.20. The van der Waals surface area contributed by atoms with Gasteiger partial charge in [0.05, 0.1) is 4.90 Å². The van der Waals surface area contributed by atoms with Gasteiger partial charge in [0.2, 0.25) is 0 Å². The number of unbranched alkanes of at least 4 members (excludes halogenated alkanes) is 3. The summed E-state index contributed by atoms with van der Waals surface area (Å²) in [6.45, 7) is 2.06. The zero-order chi connectivity index (χ0) is 21.3. The molecule has 2 rings (SSSR count). The Morgan fingerprint density at radius 2 is 1.45 bits per heavy atom. The Morgan fingerprint density at radius 3 is 2.03 bits per heavy atom. The summed E-state index contributed by atoms with van der Waals surface area (Å²) < 4.78 is 25.6. The number of benzene rings is 2. The number of aryl methyl sites for hydroxylation is 2. The quantitative estimate of drug-likeness (QED) is 0.432. The molecule has 0 aromatic heterocycles. The Morgan fingerprint density at radius 1 is 0.897 bits per heavy atom. The number of carboxylic acid groups (broad SMARTS) is 1. The number of aliphatic carboxylic acids is 1. The van der Waals surface area contributed by atoms with Crippen LogP contribution in [0.1, 0.15) is 56.6 Å². The van der Waals surface area contributed by atoms with Crippen LogP contribution < -0.4 is 0 Å². The molecule has 0 aliphatic carbocycles. The van der Waals surface area contributed by atoms with Crippen LogP contribution in [0.5, 0.6) is 0 Å². The maximum atomic E-state index is 12.8. The van der Waals surface area contributed by atoms with Gasteiger partial charge in [-0.3, -0.25) is 4.79 Å². The van der Waals surface area contributed by atoms with Crippen LogP contribution in [-0.4, -0.2) is 24.7 Å². The highest BCUT2D eigenvalue weighted by molar-refractivity contribution is 7.92. The smallest absolute Gasteiger partial charge is 0.322 e. The number of carbonyl (C=O) groups is 1. The fourth-order valence-electron chi connectivity index (χ4n) is 3.37. The van der Waals surface area contributed by atoms with Gasteiger partial charge in [-0.25, -0.2) is 8.42 Å². The lowest BCUT2D eigenvalue weighted by Gasteiger charge is -2.14. The lowest BCUT2D eigenvalue weighted by molar-refractivity contribution is -0.136. The highest BCUT2D eigenvalue weighted by Gasteiger charge is 2.33. The number of halogens is 1. The maximum absolute atomic E-state index is 12.8. The molecule has 4 nitrogen and oxygen atoms in total. The van der Waals surface area contributed by atoms with Crippen molar-refractivity contribution in [3.63, 3.8) is 0 Å². The highest BCUT2D eigenvalue weighted by Crippen LogP contribution is 2.22. The Kier molecular flexibility index (Phi) is 9.18. The average molecular weight is 437 g/mol. The van der Waals surface area contributed by atoms with E-state index >= 15 is 0 Å². The van der Waals surface area contributed by atoms with Crippen LogP contribution >= 0.6 is 11.6 Å². The fraction of sp³-hybridized carbons (Fsp3) is 0.435. The number of hydrogen-bond acceptors (Lipinski definition) is 3. The first-order valence-electron chi connectivity index (χ1n) is 10.1. The van der Waals surface area contributed by atoms with Crippen LogP contribution in [0, 0.1) is 0 Å². The number of sulfone groups is 1. The molecule has 0 spiro atoms. The molecule has 0 saturated heterocycles. The second-order valence-electron chi connectivity index (χ2n) is 7.35. The monoisotopic (exact) mass is 436 g/mol. The second kappa shape index (κ2) is 11.4. The van der Waals surface area contributed by atoms with E-state index < -0.39 is 21.1 Å². The first-order valence-corrected chi connectivity index (χ1v) is 12.1. The number of rotatable bonds is 12. The predicted octanol–water partition coefficient (Wildman–Crippen LogP) is 5.71. The highest BCUT2D eigenvalue weighted by atomic mass is 35.5. The molecule has 2 aromatic carbocycles. The van der Waals surface area contributed by atoms with Crippen LogP contribution in [0.2, 0.25) is 5.02 Å². The molecule has 158 valence electrons. The first kappa shape index (κ1) is 23.4. The Hall–Kier alpha value is -1.85. The molecule has 1 atom stereocenters. The molecule has 0 fully saturated rings. The number of carboxylic acids is 1. The topological polar surface area (TPSA) is 71.4 Å². The summed E-state index contributed by atoms with van der Waals surface area (Å²) in [5.41, 5.74) is 2.27. The van der Waals surface area contributed by atoms with Gasteiger partial charge in [0.1, 0.15) is 0 Å². The van der Waals surface area contributed by atoms with Gasteiger partial charge in [0.15, 0.2) is 15.1 Å². The molecule has 0 aliphatic heterocycles. The molecule has 1 unspecified atom stereocenters. The maximum Gasteiger partial charge on any atom is 0.322 e. The van der Waals surface area contributed by atoms with E-state index in [1.165, 1.54) is 17.7 Å². The largest absolute Gasteiger partial charge is 0.480 e. The molecule has 0 saturated carbocycles. The van der Waals surface area contributed by atoms with Crippen LogP contribution in [0.15, 0.2) is 53.4 Å². The van der Waals surface area contributed by atoms with Crippen molar-refractivity contribution in [2.75, 3.05) is 0 Å². The van der Waals surface area contributed by atoms with Crippen LogP contribution in [0.3, 0.4) is 0 Å². The molecule has 29 heavy (non-hydrogen) atoms. The van der Waals surface area contributed by atoms with E-state index in [4.69, 9.17) is 11.6 Å². The van der Waals surface area contributed by atoms with Crippen molar-refractivity contribution >= 4 is 27.4 Å². The van der Waals surface area contributed by atoms with E-state index in [9.17, 15) is 18.3 Å². The normalized spacial score (nSPS) is 12.6. The minimum atomic E-state index is -3.88. The third-order valence-electron chi connectivity index (χ3n) is 5.04. The minimum Gasteiger partial charge on any atom is -0.480 e. The van der Waals surface area contributed by atoms with Crippen molar-refractivity contribution in [1.29, 1.82) is 0 Å². The van der Waals surface area contributed by atoms with Gasteiger partial charge in [0.25, 0.3) is 0 Å². The molecule has 0 aliphatic rings. The second-order valence-corrected chi connectivity index (χ2v) is 9.91. The van der Waals surface area contributed by atoms with Crippen molar-refractivity contribution < 1.29 is 18.3 Å². The van der Waals surface area contributed by atoms with Gasteiger partial charge in [0, 0.05) is 5.02 Å². The molecule has 0 radical (unpaired) electrons. The van der Waals surface area contributed by atoms with Crippen molar-refractivity contribution in [1.82, 2.24) is 0 Å². The standard InChI is InChI=1S/C23H29ClO4S/c1-2-7-18-12-16-21(17-13-18)29(27,28)22(23(25)26)9-6-4-3-5-8-19-10-14-20(24)15-11-19/h10-17,22H,2-9H2,1H3,(H,25,26). The average Bonchev–Trinajstić information content (AvgIpc) is 2.69. The summed E-state index contributed by atoms with van der Waals surface area (Å²) >= 11 is 5.88. The Bertz CT molecular complexity index is 874. The molecule has 0 heterocycles. The lowest BCUT2D eigenvalue weighted by Crippen LogP contribution is -2.30. The summed E-state index contributed by atoms with van der Waals surface area (Å²) in [6, 6.07) is 14.3. The Balaban J connectivity index is 1.85. The van der Waals surface area contributed by atoms with Crippen LogP contribution in [-0.2, 0) is 27.5 Å². The van der Waals surface area contributed by atoms with E-state index in [1.54, 1.807) is 12.1 Å². The molecular weight excluding hydrogens is 408 g/mol. The molecule has 6 heteroatoms. The van der Waals surface area contributed by atoms with Gasteiger partial charge in [-0.15, -0.1) is 0 Å². The Labute approximate surface area is 178 Å². The lowest BCUT2D eigenvalue weighted by atomic mass is 10.0. The summed E-state index contributed by atoms with van der Waals surface area (Å²) in [7, 11) is -3.88. The van der Waals surface area contributed by atoms with Gasteiger partial charge in [-0.1, -0.05) is 68.5 Å². The van der Waals surface area contributed by atoms with Crippen LogP contribution in [0.4, 0.5) is 0 Å². The zero-order valence-corrected chi connectivity index (χ0v) is 18.4. The van der Waals surface area contributed by atoms with E-state index in [0.29, 0.717) is 6.42 Å². The summed E-state index contributed by atoms with van der Waals surface area (Å²) in [4.78, 5) is 11.7. The molecule has 1 N–H and O–H groups in total. The SMILES string of the molecule is CCCc1ccc(S(=O)(=O)C(CCCCCCc2ccc(Cl)cc2)C(=O)O)cc1. The molecule has 2 aromatic rings. The third-order valence-corrected chi connectivity index (χ3v) is 7.40. The zero-order valence-electron chi connectivity index (χ0n) is 16.8. The molecule has 0 bridgehead atoms. The minimum absolute atomic E-state index is 0.0903. The molecular formula is C23H29ClO4S. The third kappa shape index (κ3) is 7.16.